The van der Waals surface area contributed by atoms with Crippen molar-refractivity contribution in [3.05, 3.63) is 53.9 Å². The van der Waals surface area contributed by atoms with Crippen LogP contribution in [-0.4, -0.2) is 15.4 Å². The zero-order chi connectivity index (χ0) is 13.9. The van der Waals surface area contributed by atoms with Crippen molar-refractivity contribution >= 4 is 22.4 Å². The van der Waals surface area contributed by atoms with Gasteiger partial charge in [-0.15, -0.1) is 0 Å². The highest BCUT2D eigenvalue weighted by molar-refractivity contribution is 7.10. The van der Waals surface area contributed by atoms with Gasteiger partial charge in [0.05, 0.1) is 11.4 Å². The number of amides is 1. The summed E-state index contributed by atoms with van der Waals surface area (Å²) in [6, 6.07) is 13.2. The minimum absolute atomic E-state index is 0.192. The molecule has 0 aliphatic carbocycles. The zero-order valence-corrected chi connectivity index (χ0v) is 11.5. The standard InChI is InChI=1S/C14H11N3O2S/c1-9-7-12(19-16-9)14(18)15-13-8-11(17-20-13)10-5-3-2-4-6-10/h2-8H,1H3,(H,15,18). The number of aromatic nitrogens is 2. The molecule has 0 spiro atoms. The fraction of sp³-hybridized carbons (Fsp3) is 0.0714. The second-order valence-electron chi connectivity index (χ2n) is 4.23. The van der Waals surface area contributed by atoms with Crippen LogP contribution in [0.3, 0.4) is 0 Å². The molecule has 0 radical (unpaired) electrons. The largest absolute Gasteiger partial charge is 0.351 e. The van der Waals surface area contributed by atoms with Crippen LogP contribution in [0.1, 0.15) is 16.2 Å². The number of carbonyl (C=O) groups excluding carboxylic acids is 1. The van der Waals surface area contributed by atoms with E-state index in [1.54, 1.807) is 13.0 Å². The Hall–Kier alpha value is -2.47. The predicted molar refractivity (Wildman–Crippen MR) is 76.7 cm³/mol. The van der Waals surface area contributed by atoms with Gasteiger partial charge >= 0.3 is 0 Å². The van der Waals surface area contributed by atoms with E-state index in [2.05, 4.69) is 14.8 Å². The molecule has 0 bridgehead atoms. The Labute approximate surface area is 119 Å². The molecule has 0 aliphatic heterocycles. The molecule has 1 N–H and O–H groups in total. The van der Waals surface area contributed by atoms with Gasteiger partial charge in [-0.05, 0) is 18.5 Å². The maximum atomic E-state index is 11.9. The maximum absolute atomic E-state index is 11.9. The SMILES string of the molecule is Cc1cc(C(=O)Nc2cc(-c3ccccc3)ns2)on1. The fourth-order valence-corrected chi connectivity index (χ4v) is 2.38. The normalized spacial score (nSPS) is 10.4. The van der Waals surface area contributed by atoms with Crippen LogP contribution in [0.5, 0.6) is 0 Å². The first-order chi connectivity index (χ1) is 9.72. The number of carbonyl (C=O) groups is 1. The molecule has 1 amide bonds. The number of rotatable bonds is 3. The molecule has 3 aromatic rings. The molecule has 5 nitrogen and oxygen atoms in total. The first-order valence-electron chi connectivity index (χ1n) is 5.99. The Morgan fingerprint density at radius 1 is 1.25 bits per heavy atom. The number of aryl methyl sites for hydroxylation is 1. The van der Waals surface area contributed by atoms with Crippen molar-refractivity contribution in [1.29, 1.82) is 0 Å². The van der Waals surface area contributed by atoms with E-state index in [-0.39, 0.29) is 11.7 Å². The Balaban J connectivity index is 1.76. The van der Waals surface area contributed by atoms with Crippen molar-refractivity contribution in [3.8, 4) is 11.3 Å². The lowest BCUT2D eigenvalue weighted by Crippen LogP contribution is -2.09. The van der Waals surface area contributed by atoms with Gasteiger partial charge in [0, 0.05) is 17.7 Å². The van der Waals surface area contributed by atoms with E-state index >= 15 is 0 Å². The van der Waals surface area contributed by atoms with E-state index in [1.807, 2.05) is 36.4 Å². The zero-order valence-electron chi connectivity index (χ0n) is 10.7. The van der Waals surface area contributed by atoms with Gasteiger partial charge in [-0.3, -0.25) is 4.79 Å². The first-order valence-corrected chi connectivity index (χ1v) is 6.76. The summed E-state index contributed by atoms with van der Waals surface area (Å²) in [6.07, 6.45) is 0. The van der Waals surface area contributed by atoms with Crippen LogP contribution in [0.25, 0.3) is 11.3 Å². The summed E-state index contributed by atoms with van der Waals surface area (Å²) in [4.78, 5) is 11.9. The molecule has 6 heteroatoms. The number of benzene rings is 1. The highest BCUT2D eigenvalue weighted by atomic mass is 32.1. The smallest absolute Gasteiger partial charge is 0.294 e. The van der Waals surface area contributed by atoms with Crippen LogP contribution in [0.4, 0.5) is 5.00 Å². The number of nitrogens with one attached hydrogen (secondary N) is 1. The van der Waals surface area contributed by atoms with Gasteiger partial charge in [0.15, 0.2) is 0 Å². The fourth-order valence-electron chi connectivity index (χ4n) is 1.72. The lowest BCUT2D eigenvalue weighted by molar-refractivity contribution is 0.0988. The monoisotopic (exact) mass is 285 g/mol. The first kappa shape index (κ1) is 12.6. The van der Waals surface area contributed by atoms with Crippen molar-refractivity contribution in [2.24, 2.45) is 0 Å². The van der Waals surface area contributed by atoms with Crippen molar-refractivity contribution < 1.29 is 9.32 Å². The third-order valence-corrected chi connectivity index (χ3v) is 3.37. The highest BCUT2D eigenvalue weighted by Gasteiger charge is 2.13. The van der Waals surface area contributed by atoms with E-state index < -0.39 is 0 Å². The van der Waals surface area contributed by atoms with E-state index in [4.69, 9.17) is 4.52 Å². The molecule has 0 aliphatic rings. The molecule has 0 fully saturated rings. The van der Waals surface area contributed by atoms with Crippen molar-refractivity contribution in [3.63, 3.8) is 0 Å². The van der Waals surface area contributed by atoms with Crippen molar-refractivity contribution in [1.82, 2.24) is 9.53 Å². The third-order valence-electron chi connectivity index (χ3n) is 2.67. The summed E-state index contributed by atoms with van der Waals surface area (Å²) in [5.41, 5.74) is 2.52. The molecule has 0 saturated heterocycles. The molecule has 1 aromatic carbocycles. The van der Waals surface area contributed by atoms with Crippen molar-refractivity contribution in [2.75, 3.05) is 5.32 Å². The molecule has 2 aromatic heterocycles. The molecular weight excluding hydrogens is 274 g/mol. The minimum Gasteiger partial charge on any atom is -0.351 e. The highest BCUT2D eigenvalue weighted by Crippen LogP contribution is 2.25. The predicted octanol–water partition coefficient (Wildman–Crippen LogP) is 3.36. The van der Waals surface area contributed by atoms with Crippen LogP contribution < -0.4 is 5.32 Å². The molecular formula is C14H11N3O2S. The summed E-state index contributed by atoms with van der Waals surface area (Å²) in [7, 11) is 0. The van der Waals surface area contributed by atoms with Crippen LogP contribution in [0, 0.1) is 6.92 Å². The Kier molecular flexibility index (Phi) is 3.30. The van der Waals surface area contributed by atoms with Gasteiger partial charge in [-0.1, -0.05) is 35.5 Å². The molecule has 0 atom stereocenters. The van der Waals surface area contributed by atoms with Crippen LogP contribution in [0.15, 0.2) is 47.0 Å². The Morgan fingerprint density at radius 3 is 2.75 bits per heavy atom. The average molecular weight is 285 g/mol. The lowest BCUT2D eigenvalue weighted by atomic mass is 10.2. The molecule has 0 saturated carbocycles. The number of anilines is 1. The van der Waals surface area contributed by atoms with Crippen LogP contribution in [-0.2, 0) is 0 Å². The molecule has 20 heavy (non-hydrogen) atoms. The van der Waals surface area contributed by atoms with Gasteiger partial charge in [-0.25, -0.2) is 0 Å². The second kappa shape index (κ2) is 5.26. The van der Waals surface area contributed by atoms with E-state index in [0.717, 1.165) is 11.3 Å². The lowest BCUT2D eigenvalue weighted by Gasteiger charge is -1.96. The number of nitrogens with zero attached hydrogens (tertiary/aromatic N) is 2. The summed E-state index contributed by atoms with van der Waals surface area (Å²) < 4.78 is 9.23. The van der Waals surface area contributed by atoms with Gasteiger partial charge in [0.1, 0.15) is 5.00 Å². The van der Waals surface area contributed by atoms with Gasteiger partial charge in [-0.2, -0.15) is 4.37 Å². The quantitative estimate of drug-likeness (QED) is 0.801. The second-order valence-corrected chi connectivity index (χ2v) is 5.03. The van der Waals surface area contributed by atoms with Gasteiger partial charge < -0.3 is 9.84 Å². The molecule has 100 valence electrons. The van der Waals surface area contributed by atoms with E-state index in [0.29, 0.717) is 10.7 Å². The number of hydrogen-bond donors (Lipinski definition) is 1. The minimum atomic E-state index is -0.325. The summed E-state index contributed by atoms with van der Waals surface area (Å²) >= 11 is 1.23. The number of hydrogen-bond acceptors (Lipinski definition) is 5. The molecule has 2 heterocycles. The van der Waals surface area contributed by atoms with Crippen LogP contribution >= 0.6 is 11.5 Å². The summed E-state index contributed by atoms with van der Waals surface area (Å²) in [6.45, 7) is 1.76. The Bertz CT molecular complexity index is 734. The topological polar surface area (TPSA) is 68.0 Å². The van der Waals surface area contributed by atoms with Gasteiger partial charge in [0.25, 0.3) is 5.91 Å². The van der Waals surface area contributed by atoms with E-state index in [1.165, 1.54) is 11.5 Å². The Morgan fingerprint density at radius 2 is 2.05 bits per heavy atom. The maximum Gasteiger partial charge on any atom is 0.294 e. The third kappa shape index (κ3) is 2.60. The van der Waals surface area contributed by atoms with Crippen LogP contribution in [0.2, 0.25) is 0 Å². The van der Waals surface area contributed by atoms with E-state index in [9.17, 15) is 4.79 Å². The summed E-state index contributed by atoms with van der Waals surface area (Å²) in [5, 5.41) is 7.10. The van der Waals surface area contributed by atoms with Crippen molar-refractivity contribution in [2.45, 2.75) is 6.92 Å². The molecule has 3 rings (SSSR count). The summed E-state index contributed by atoms with van der Waals surface area (Å²) in [5.74, 6) is -0.133. The van der Waals surface area contributed by atoms with Gasteiger partial charge in [0.2, 0.25) is 5.76 Å². The average Bonchev–Trinajstić information content (AvgIpc) is 3.09. The molecule has 0 unspecified atom stereocenters.